The maximum absolute atomic E-state index is 12.6. The van der Waals surface area contributed by atoms with E-state index in [9.17, 15) is 14.4 Å². The summed E-state index contributed by atoms with van der Waals surface area (Å²) in [6, 6.07) is 4.83. The first-order valence-electron chi connectivity index (χ1n) is 7.13. The third-order valence-corrected chi connectivity index (χ3v) is 3.82. The van der Waals surface area contributed by atoms with Gasteiger partial charge in [-0.25, -0.2) is 0 Å². The second kappa shape index (κ2) is 7.13. The van der Waals surface area contributed by atoms with Crippen LogP contribution in [0.4, 0.5) is 0 Å². The average Bonchev–Trinajstić information content (AvgIpc) is 2.60. The zero-order chi connectivity index (χ0) is 17.0. The van der Waals surface area contributed by atoms with Crippen LogP contribution in [0.25, 0.3) is 0 Å². The molecule has 1 heterocycles. The van der Waals surface area contributed by atoms with E-state index in [0.717, 1.165) is 0 Å². The zero-order valence-electron chi connectivity index (χ0n) is 13.3. The van der Waals surface area contributed by atoms with Crippen molar-refractivity contribution < 1.29 is 28.6 Å². The summed E-state index contributed by atoms with van der Waals surface area (Å²) in [5.41, 5.74) is 0.403. The normalized spacial score (nSPS) is 17.6. The molecule has 0 saturated carbocycles. The van der Waals surface area contributed by atoms with Crippen LogP contribution >= 0.6 is 0 Å². The molecule has 1 unspecified atom stereocenters. The molecule has 0 radical (unpaired) electrons. The molecule has 1 aromatic carbocycles. The summed E-state index contributed by atoms with van der Waals surface area (Å²) in [5.74, 6) is -1.04. The third-order valence-electron chi connectivity index (χ3n) is 3.82. The van der Waals surface area contributed by atoms with Crippen molar-refractivity contribution in [3.8, 4) is 11.5 Å². The van der Waals surface area contributed by atoms with Crippen molar-refractivity contribution in [2.24, 2.45) is 5.92 Å². The van der Waals surface area contributed by atoms with Crippen LogP contribution in [0.15, 0.2) is 18.2 Å². The summed E-state index contributed by atoms with van der Waals surface area (Å²) in [5, 5.41) is 0. The van der Waals surface area contributed by atoms with Gasteiger partial charge in [-0.05, 0) is 18.2 Å². The van der Waals surface area contributed by atoms with Gasteiger partial charge in [0.2, 0.25) is 0 Å². The highest BCUT2D eigenvalue weighted by Crippen LogP contribution is 2.28. The molecule has 0 N–H and O–H groups in total. The van der Waals surface area contributed by atoms with Gasteiger partial charge in [-0.1, -0.05) is 0 Å². The highest BCUT2D eigenvalue weighted by Gasteiger charge is 2.35. The molecule has 1 aliphatic heterocycles. The maximum atomic E-state index is 12.6. The number of methoxy groups -OCH3 is 3. The molecule has 1 fully saturated rings. The second-order valence-corrected chi connectivity index (χ2v) is 5.11. The fourth-order valence-corrected chi connectivity index (χ4v) is 2.52. The van der Waals surface area contributed by atoms with Crippen LogP contribution in [0.2, 0.25) is 0 Å². The number of ether oxygens (including phenoxy) is 3. The first-order chi connectivity index (χ1) is 11.0. The lowest BCUT2D eigenvalue weighted by molar-refractivity contribution is -0.151. The number of amides is 1. The quantitative estimate of drug-likeness (QED) is 0.605. The standard InChI is InChI=1S/C16H19NO6/c1-21-13-5-4-10(8-14(13)22-2)15(19)17-7-6-12(18)11(9-17)16(20)23-3/h4-5,8,11H,6-7,9H2,1-3H3. The Morgan fingerprint density at radius 2 is 1.83 bits per heavy atom. The predicted octanol–water partition coefficient (Wildman–Crippen LogP) is 0.908. The van der Waals surface area contributed by atoms with Gasteiger partial charge < -0.3 is 19.1 Å². The summed E-state index contributed by atoms with van der Waals surface area (Å²) in [6.07, 6.45) is 0.138. The van der Waals surface area contributed by atoms with E-state index in [1.807, 2.05) is 0 Å². The number of hydrogen-bond acceptors (Lipinski definition) is 6. The number of hydrogen-bond donors (Lipinski definition) is 0. The van der Waals surface area contributed by atoms with Gasteiger partial charge >= 0.3 is 5.97 Å². The number of carbonyl (C=O) groups excluding carboxylic acids is 3. The minimum atomic E-state index is -0.919. The zero-order valence-corrected chi connectivity index (χ0v) is 13.3. The highest BCUT2D eigenvalue weighted by molar-refractivity contribution is 6.02. The monoisotopic (exact) mass is 321 g/mol. The Morgan fingerprint density at radius 1 is 1.13 bits per heavy atom. The number of ketones is 1. The average molecular weight is 321 g/mol. The van der Waals surface area contributed by atoms with Gasteiger partial charge in [0, 0.05) is 25.1 Å². The Balaban J connectivity index is 2.20. The van der Waals surface area contributed by atoms with Gasteiger partial charge in [0.25, 0.3) is 5.91 Å². The van der Waals surface area contributed by atoms with Crippen LogP contribution in [0.3, 0.4) is 0 Å². The first-order valence-corrected chi connectivity index (χ1v) is 7.13. The van der Waals surface area contributed by atoms with E-state index in [4.69, 9.17) is 9.47 Å². The Labute approximate surface area is 134 Å². The summed E-state index contributed by atoms with van der Waals surface area (Å²) in [7, 11) is 4.22. The van der Waals surface area contributed by atoms with Crippen LogP contribution in [0, 0.1) is 5.92 Å². The topological polar surface area (TPSA) is 82.1 Å². The van der Waals surface area contributed by atoms with Crippen LogP contribution in [0.1, 0.15) is 16.8 Å². The van der Waals surface area contributed by atoms with Gasteiger partial charge in [-0.15, -0.1) is 0 Å². The number of nitrogens with zero attached hydrogens (tertiary/aromatic N) is 1. The van der Waals surface area contributed by atoms with E-state index in [1.54, 1.807) is 18.2 Å². The van der Waals surface area contributed by atoms with Gasteiger partial charge in [-0.2, -0.15) is 0 Å². The van der Waals surface area contributed by atoms with E-state index in [1.165, 1.54) is 26.2 Å². The van der Waals surface area contributed by atoms with Crippen LogP contribution in [0.5, 0.6) is 11.5 Å². The molecule has 7 nitrogen and oxygen atoms in total. The van der Waals surface area contributed by atoms with Gasteiger partial charge in [0.1, 0.15) is 5.92 Å². The molecule has 2 rings (SSSR count). The van der Waals surface area contributed by atoms with Crippen molar-refractivity contribution in [3.63, 3.8) is 0 Å². The number of benzene rings is 1. The largest absolute Gasteiger partial charge is 0.493 e. The molecule has 1 aromatic rings. The number of Topliss-reactive ketones (excluding diaryl/α,β-unsaturated/α-hetero) is 1. The molecule has 1 saturated heterocycles. The molecule has 124 valence electrons. The second-order valence-electron chi connectivity index (χ2n) is 5.11. The van der Waals surface area contributed by atoms with E-state index < -0.39 is 11.9 Å². The highest BCUT2D eigenvalue weighted by atomic mass is 16.5. The summed E-state index contributed by atoms with van der Waals surface area (Å²) < 4.78 is 14.9. The van der Waals surface area contributed by atoms with E-state index >= 15 is 0 Å². The smallest absolute Gasteiger partial charge is 0.318 e. The third kappa shape index (κ3) is 3.44. The molecule has 0 aliphatic carbocycles. The fraction of sp³-hybridized carbons (Fsp3) is 0.438. The molecule has 7 heteroatoms. The van der Waals surface area contributed by atoms with Crippen LogP contribution < -0.4 is 9.47 Å². The number of rotatable bonds is 4. The number of esters is 1. The molecule has 0 bridgehead atoms. The number of likely N-dealkylation sites (tertiary alicyclic amines) is 1. The molecule has 0 aromatic heterocycles. The Morgan fingerprint density at radius 3 is 2.43 bits per heavy atom. The number of piperidine rings is 1. The van der Waals surface area contributed by atoms with Gasteiger partial charge in [0.05, 0.1) is 21.3 Å². The molecular weight excluding hydrogens is 302 g/mol. The number of carbonyl (C=O) groups is 3. The predicted molar refractivity (Wildman–Crippen MR) is 80.6 cm³/mol. The summed E-state index contributed by atoms with van der Waals surface area (Å²) >= 11 is 0. The van der Waals surface area contributed by atoms with Crippen LogP contribution in [-0.2, 0) is 14.3 Å². The molecular formula is C16H19NO6. The molecule has 1 atom stereocenters. The van der Waals surface area contributed by atoms with Crippen molar-refractivity contribution >= 4 is 17.7 Å². The Hall–Kier alpha value is -2.57. The van der Waals surface area contributed by atoms with E-state index in [2.05, 4.69) is 4.74 Å². The summed E-state index contributed by atoms with van der Waals surface area (Å²) in [6.45, 7) is 0.304. The van der Waals surface area contributed by atoms with Crippen LogP contribution in [-0.4, -0.2) is 57.0 Å². The molecule has 1 amide bonds. The lowest BCUT2D eigenvalue weighted by Gasteiger charge is -2.30. The lowest BCUT2D eigenvalue weighted by atomic mass is 9.96. The van der Waals surface area contributed by atoms with E-state index in [-0.39, 0.29) is 31.2 Å². The van der Waals surface area contributed by atoms with Crippen molar-refractivity contribution in [1.29, 1.82) is 0 Å². The minimum Gasteiger partial charge on any atom is -0.493 e. The minimum absolute atomic E-state index is 0.0265. The van der Waals surface area contributed by atoms with Crippen molar-refractivity contribution in [3.05, 3.63) is 23.8 Å². The Kier molecular flexibility index (Phi) is 5.20. The summed E-state index contributed by atoms with van der Waals surface area (Å²) in [4.78, 5) is 37.5. The SMILES string of the molecule is COC(=O)C1CN(C(=O)c2ccc(OC)c(OC)c2)CCC1=O. The molecule has 23 heavy (non-hydrogen) atoms. The maximum Gasteiger partial charge on any atom is 0.318 e. The van der Waals surface area contributed by atoms with Crippen molar-refractivity contribution in [2.45, 2.75) is 6.42 Å². The fourth-order valence-electron chi connectivity index (χ4n) is 2.52. The van der Waals surface area contributed by atoms with Crippen molar-refractivity contribution in [2.75, 3.05) is 34.4 Å². The van der Waals surface area contributed by atoms with Gasteiger partial charge in [0.15, 0.2) is 17.3 Å². The molecule has 0 spiro atoms. The lowest BCUT2D eigenvalue weighted by Crippen LogP contribution is -2.47. The first kappa shape index (κ1) is 16.8. The Bertz CT molecular complexity index is 619. The van der Waals surface area contributed by atoms with E-state index in [0.29, 0.717) is 17.1 Å². The molecule has 1 aliphatic rings. The van der Waals surface area contributed by atoms with Crippen molar-refractivity contribution in [1.82, 2.24) is 4.90 Å². The van der Waals surface area contributed by atoms with Gasteiger partial charge in [-0.3, -0.25) is 14.4 Å².